The summed E-state index contributed by atoms with van der Waals surface area (Å²) in [4.78, 5) is 40.1. The SMILES string of the molecule is CCOC(=O)CC(C)NC(=S)N1CCC2(CCN(C(=O)CNC(=O)c3ccco3)CC2)C1. The zero-order valence-corrected chi connectivity index (χ0v) is 19.5. The van der Waals surface area contributed by atoms with Gasteiger partial charge in [0.25, 0.3) is 5.91 Å². The van der Waals surface area contributed by atoms with Gasteiger partial charge in [-0.25, -0.2) is 0 Å². The van der Waals surface area contributed by atoms with Crippen LogP contribution in [0.4, 0.5) is 0 Å². The Bertz CT molecular complexity index is 820. The van der Waals surface area contributed by atoms with Crippen LogP contribution in [0.15, 0.2) is 22.8 Å². The zero-order valence-electron chi connectivity index (χ0n) is 18.7. The highest BCUT2D eigenvalue weighted by molar-refractivity contribution is 7.80. The fourth-order valence-corrected chi connectivity index (χ4v) is 4.69. The molecule has 1 spiro atoms. The molecule has 0 radical (unpaired) electrons. The molecule has 0 aliphatic carbocycles. The van der Waals surface area contributed by atoms with Gasteiger partial charge in [-0.1, -0.05) is 0 Å². The van der Waals surface area contributed by atoms with Gasteiger partial charge in [-0.15, -0.1) is 0 Å². The van der Waals surface area contributed by atoms with Crippen LogP contribution in [-0.4, -0.2) is 78.1 Å². The lowest BCUT2D eigenvalue weighted by Gasteiger charge is -2.39. The summed E-state index contributed by atoms with van der Waals surface area (Å²) in [6, 6.07) is 3.11. The average Bonchev–Trinajstić information content (AvgIpc) is 3.43. The number of esters is 1. The molecule has 0 saturated carbocycles. The zero-order chi connectivity index (χ0) is 23.1. The lowest BCUT2D eigenvalue weighted by atomic mass is 9.78. The lowest BCUT2D eigenvalue weighted by Crippen LogP contribution is -2.48. The Morgan fingerprint density at radius 2 is 1.91 bits per heavy atom. The molecule has 2 saturated heterocycles. The van der Waals surface area contributed by atoms with E-state index in [1.165, 1.54) is 6.26 Å². The van der Waals surface area contributed by atoms with E-state index in [0.29, 0.717) is 24.8 Å². The number of likely N-dealkylation sites (tertiary alicyclic amines) is 2. The topological polar surface area (TPSA) is 104 Å². The lowest BCUT2D eigenvalue weighted by molar-refractivity contribution is -0.143. The molecule has 32 heavy (non-hydrogen) atoms. The molecule has 1 aromatic rings. The van der Waals surface area contributed by atoms with E-state index >= 15 is 0 Å². The number of rotatable bonds is 7. The van der Waals surface area contributed by atoms with Crippen LogP contribution in [0.2, 0.25) is 0 Å². The predicted octanol–water partition coefficient (Wildman–Crippen LogP) is 1.54. The summed E-state index contributed by atoms with van der Waals surface area (Å²) < 4.78 is 10.0. The Kier molecular flexibility index (Phi) is 8.11. The van der Waals surface area contributed by atoms with Gasteiger partial charge in [-0.3, -0.25) is 14.4 Å². The quantitative estimate of drug-likeness (QED) is 0.463. The third-order valence-corrected chi connectivity index (χ3v) is 6.57. The minimum atomic E-state index is -0.388. The molecule has 0 bridgehead atoms. The van der Waals surface area contributed by atoms with Crippen LogP contribution in [0, 0.1) is 5.41 Å². The third-order valence-electron chi connectivity index (χ3n) is 6.20. The van der Waals surface area contributed by atoms with Crippen molar-refractivity contribution in [2.45, 2.75) is 45.6 Å². The predicted molar refractivity (Wildman–Crippen MR) is 122 cm³/mol. The number of carbonyl (C=O) groups is 3. The van der Waals surface area contributed by atoms with Gasteiger partial charge in [0.1, 0.15) is 0 Å². The number of nitrogens with one attached hydrogen (secondary N) is 2. The summed E-state index contributed by atoms with van der Waals surface area (Å²) in [6.07, 6.45) is 4.54. The molecule has 176 valence electrons. The maximum absolute atomic E-state index is 12.5. The van der Waals surface area contributed by atoms with E-state index in [2.05, 4.69) is 15.5 Å². The number of piperidine rings is 1. The molecule has 3 heterocycles. The van der Waals surface area contributed by atoms with Gasteiger partial charge in [-0.2, -0.15) is 0 Å². The number of hydrogen-bond donors (Lipinski definition) is 2. The normalized spacial score (nSPS) is 18.3. The Morgan fingerprint density at radius 1 is 1.22 bits per heavy atom. The van der Waals surface area contributed by atoms with E-state index in [9.17, 15) is 14.4 Å². The van der Waals surface area contributed by atoms with Gasteiger partial charge < -0.3 is 29.6 Å². The van der Waals surface area contributed by atoms with E-state index in [1.807, 2.05) is 11.8 Å². The van der Waals surface area contributed by atoms with Gasteiger partial charge in [0.05, 0.1) is 25.8 Å². The van der Waals surface area contributed by atoms with E-state index in [-0.39, 0.29) is 48.0 Å². The number of ether oxygens (including phenoxy) is 1. The van der Waals surface area contributed by atoms with Crippen molar-refractivity contribution in [3.8, 4) is 0 Å². The van der Waals surface area contributed by atoms with Gasteiger partial charge >= 0.3 is 5.97 Å². The monoisotopic (exact) mass is 464 g/mol. The minimum absolute atomic E-state index is 0.0367. The highest BCUT2D eigenvalue weighted by Crippen LogP contribution is 2.40. The van der Waals surface area contributed by atoms with E-state index < -0.39 is 0 Å². The van der Waals surface area contributed by atoms with Crippen molar-refractivity contribution >= 4 is 35.1 Å². The van der Waals surface area contributed by atoms with Gasteiger partial charge in [0, 0.05) is 32.2 Å². The molecule has 10 heteroatoms. The maximum atomic E-state index is 12.5. The number of hydrogen-bond acceptors (Lipinski definition) is 6. The summed E-state index contributed by atoms with van der Waals surface area (Å²) in [5.41, 5.74) is 0.143. The average molecular weight is 465 g/mol. The highest BCUT2D eigenvalue weighted by atomic mass is 32.1. The van der Waals surface area contributed by atoms with Crippen LogP contribution >= 0.6 is 12.2 Å². The smallest absolute Gasteiger partial charge is 0.307 e. The van der Waals surface area contributed by atoms with Crippen molar-refractivity contribution in [2.75, 3.05) is 39.3 Å². The van der Waals surface area contributed by atoms with E-state index in [1.54, 1.807) is 19.1 Å². The summed E-state index contributed by atoms with van der Waals surface area (Å²) in [5, 5.41) is 6.52. The third kappa shape index (κ3) is 6.21. The first-order valence-corrected chi connectivity index (χ1v) is 11.5. The molecule has 1 atom stereocenters. The first-order valence-electron chi connectivity index (χ1n) is 11.1. The van der Waals surface area contributed by atoms with Crippen LogP contribution in [0.1, 0.15) is 50.1 Å². The van der Waals surface area contributed by atoms with Crippen molar-refractivity contribution in [3.05, 3.63) is 24.2 Å². The Hall–Kier alpha value is -2.62. The van der Waals surface area contributed by atoms with Crippen LogP contribution < -0.4 is 10.6 Å². The van der Waals surface area contributed by atoms with Crippen molar-refractivity contribution in [3.63, 3.8) is 0 Å². The van der Waals surface area contributed by atoms with Crippen molar-refractivity contribution in [2.24, 2.45) is 5.41 Å². The number of thiocarbonyl (C=S) groups is 1. The summed E-state index contributed by atoms with van der Waals surface area (Å²) in [5.74, 6) is -0.505. The molecule has 2 aliphatic heterocycles. The minimum Gasteiger partial charge on any atom is -0.466 e. The van der Waals surface area contributed by atoms with Crippen molar-refractivity contribution in [1.82, 2.24) is 20.4 Å². The van der Waals surface area contributed by atoms with Crippen molar-refractivity contribution < 1.29 is 23.5 Å². The number of amides is 2. The highest BCUT2D eigenvalue weighted by Gasteiger charge is 2.42. The Labute approximate surface area is 193 Å². The number of carbonyl (C=O) groups excluding carboxylic acids is 3. The van der Waals surface area contributed by atoms with Crippen LogP contribution in [0.3, 0.4) is 0 Å². The molecular weight excluding hydrogens is 432 g/mol. The second-order valence-electron chi connectivity index (χ2n) is 8.57. The second kappa shape index (κ2) is 10.8. The standard InChI is InChI=1S/C22H32N4O5S/c1-3-30-19(28)13-16(2)24-21(32)26-11-8-22(15-26)6-9-25(10-7-22)18(27)14-23-20(29)17-5-4-12-31-17/h4-5,12,16H,3,6-11,13-15H2,1-2H3,(H,23,29)(H,24,32). The number of furan rings is 1. The molecule has 3 rings (SSSR count). The molecule has 2 fully saturated rings. The van der Waals surface area contributed by atoms with Crippen molar-refractivity contribution in [1.29, 1.82) is 0 Å². The summed E-state index contributed by atoms with van der Waals surface area (Å²) in [7, 11) is 0. The molecule has 2 aliphatic rings. The number of nitrogens with zero attached hydrogens (tertiary/aromatic N) is 2. The molecule has 0 aromatic carbocycles. The first kappa shape index (κ1) is 24.0. The molecule has 1 aromatic heterocycles. The van der Waals surface area contributed by atoms with Crippen LogP contribution in [0.25, 0.3) is 0 Å². The molecule has 2 amide bonds. The molecule has 1 unspecified atom stereocenters. The largest absolute Gasteiger partial charge is 0.466 e. The molecule has 9 nitrogen and oxygen atoms in total. The molecular formula is C22H32N4O5S. The van der Waals surface area contributed by atoms with Gasteiger partial charge in [0.15, 0.2) is 10.9 Å². The Morgan fingerprint density at radius 3 is 2.53 bits per heavy atom. The van der Waals surface area contributed by atoms with Gasteiger partial charge in [0.2, 0.25) is 5.91 Å². The van der Waals surface area contributed by atoms with Crippen LogP contribution in [0.5, 0.6) is 0 Å². The first-order chi connectivity index (χ1) is 15.3. The van der Waals surface area contributed by atoms with Gasteiger partial charge in [-0.05, 0) is 62.9 Å². The fraction of sp³-hybridized carbons (Fsp3) is 0.636. The summed E-state index contributed by atoms with van der Waals surface area (Å²) >= 11 is 5.57. The van der Waals surface area contributed by atoms with Crippen LogP contribution in [-0.2, 0) is 14.3 Å². The maximum Gasteiger partial charge on any atom is 0.307 e. The van der Waals surface area contributed by atoms with E-state index in [4.69, 9.17) is 21.4 Å². The summed E-state index contributed by atoms with van der Waals surface area (Å²) in [6.45, 7) is 7.11. The molecule has 2 N–H and O–H groups in total. The van der Waals surface area contributed by atoms with E-state index in [0.717, 1.165) is 32.4 Å². The Balaban J connectivity index is 1.40. The fourth-order valence-electron chi connectivity index (χ4n) is 4.33. The second-order valence-corrected chi connectivity index (χ2v) is 8.96.